The van der Waals surface area contributed by atoms with Crippen molar-refractivity contribution in [1.29, 1.82) is 0 Å². The van der Waals surface area contributed by atoms with Gasteiger partial charge in [-0.05, 0) is 36.3 Å². The van der Waals surface area contributed by atoms with Crippen molar-refractivity contribution in [3.63, 3.8) is 0 Å². The molecule has 1 aromatic heterocycles. The molecule has 3 rings (SSSR count). The zero-order valence-corrected chi connectivity index (χ0v) is 12.9. The first-order valence-corrected chi connectivity index (χ1v) is 7.79. The third-order valence-electron chi connectivity index (χ3n) is 4.51. The Bertz CT molecular complexity index is 506. The summed E-state index contributed by atoms with van der Waals surface area (Å²) in [7, 11) is 0. The molecule has 2 heterocycles. The molecule has 2 N–H and O–H groups in total. The molecule has 0 unspecified atom stereocenters. The Kier molecular flexibility index (Phi) is 3.74. The van der Waals surface area contributed by atoms with Gasteiger partial charge in [-0.3, -0.25) is 0 Å². The summed E-state index contributed by atoms with van der Waals surface area (Å²) >= 11 is 0. The van der Waals surface area contributed by atoms with E-state index in [1.807, 2.05) is 18.3 Å². The van der Waals surface area contributed by atoms with Gasteiger partial charge in [0.25, 0.3) is 0 Å². The van der Waals surface area contributed by atoms with Gasteiger partial charge in [0.2, 0.25) is 0 Å². The molecular formula is C16H24N4O. The third kappa shape index (κ3) is 3.46. The third-order valence-corrected chi connectivity index (χ3v) is 4.51. The van der Waals surface area contributed by atoms with E-state index in [2.05, 4.69) is 34.4 Å². The predicted octanol–water partition coefficient (Wildman–Crippen LogP) is 2.28. The molecule has 5 nitrogen and oxygen atoms in total. The van der Waals surface area contributed by atoms with Gasteiger partial charge >= 0.3 is 6.03 Å². The molecule has 1 saturated heterocycles. The Balaban J connectivity index is 1.45. The van der Waals surface area contributed by atoms with E-state index in [0.29, 0.717) is 12.6 Å². The van der Waals surface area contributed by atoms with Crippen LogP contribution in [0.25, 0.3) is 0 Å². The summed E-state index contributed by atoms with van der Waals surface area (Å²) in [6, 6.07) is 4.31. The number of rotatable bonds is 4. The summed E-state index contributed by atoms with van der Waals surface area (Å²) in [4.78, 5) is 18.6. The van der Waals surface area contributed by atoms with Crippen molar-refractivity contribution >= 4 is 11.8 Å². The maximum atomic E-state index is 11.8. The first kappa shape index (κ1) is 14.2. The highest BCUT2D eigenvalue weighted by Gasteiger charge is 2.46. The number of amides is 2. The van der Waals surface area contributed by atoms with E-state index in [-0.39, 0.29) is 11.4 Å². The normalized spacial score (nSPS) is 23.0. The molecule has 0 spiro atoms. The molecule has 21 heavy (non-hydrogen) atoms. The lowest BCUT2D eigenvalue weighted by atomic mass is 10.2. The fourth-order valence-electron chi connectivity index (χ4n) is 2.76. The molecule has 2 fully saturated rings. The van der Waals surface area contributed by atoms with Gasteiger partial charge in [0.15, 0.2) is 0 Å². The van der Waals surface area contributed by atoms with Crippen molar-refractivity contribution in [2.75, 3.05) is 18.0 Å². The number of nitrogens with zero attached hydrogens (tertiary/aromatic N) is 2. The molecule has 0 bridgehead atoms. The summed E-state index contributed by atoms with van der Waals surface area (Å²) < 4.78 is 0. The number of urea groups is 1. The van der Waals surface area contributed by atoms with Crippen LogP contribution in [0.15, 0.2) is 18.3 Å². The van der Waals surface area contributed by atoms with Gasteiger partial charge in [-0.15, -0.1) is 0 Å². The zero-order chi connectivity index (χ0) is 14.9. The van der Waals surface area contributed by atoms with Gasteiger partial charge < -0.3 is 15.5 Å². The second-order valence-electron chi connectivity index (χ2n) is 6.79. The van der Waals surface area contributed by atoms with Crippen LogP contribution >= 0.6 is 0 Å². The Hall–Kier alpha value is -1.78. The van der Waals surface area contributed by atoms with E-state index in [0.717, 1.165) is 30.9 Å². The Labute approximate surface area is 126 Å². The van der Waals surface area contributed by atoms with E-state index < -0.39 is 0 Å². The SMILES string of the molecule is CC1(C)C[C@@H]1NC(=O)NCc1ccc(N2CCCC2)nc1. The number of nitrogens with one attached hydrogen (secondary N) is 2. The van der Waals surface area contributed by atoms with Gasteiger partial charge in [0.05, 0.1) is 0 Å². The number of carbonyl (C=O) groups excluding carboxylic acids is 1. The minimum Gasteiger partial charge on any atom is -0.357 e. The maximum absolute atomic E-state index is 11.8. The molecule has 1 aliphatic carbocycles. The molecule has 2 aliphatic rings. The van der Waals surface area contributed by atoms with Crippen molar-refractivity contribution in [3.05, 3.63) is 23.9 Å². The lowest BCUT2D eigenvalue weighted by molar-refractivity contribution is 0.239. The number of aromatic nitrogens is 1. The topological polar surface area (TPSA) is 57.3 Å². The van der Waals surface area contributed by atoms with Crippen molar-refractivity contribution in [2.45, 2.75) is 45.7 Å². The molecular weight excluding hydrogens is 264 g/mol. The number of anilines is 1. The lowest BCUT2D eigenvalue weighted by Crippen LogP contribution is -2.37. The first-order chi connectivity index (χ1) is 10.0. The van der Waals surface area contributed by atoms with Crippen LogP contribution in [0.2, 0.25) is 0 Å². The van der Waals surface area contributed by atoms with Crippen molar-refractivity contribution < 1.29 is 4.79 Å². The molecule has 0 radical (unpaired) electrons. The predicted molar refractivity (Wildman–Crippen MR) is 83.2 cm³/mol. The monoisotopic (exact) mass is 288 g/mol. The second-order valence-corrected chi connectivity index (χ2v) is 6.79. The summed E-state index contributed by atoms with van der Waals surface area (Å²) in [5, 5.41) is 5.89. The van der Waals surface area contributed by atoms with Crippen LogP contribution in [0.1, 0.15) is 38.7 Å². The van der Waals surface area contributed by atoms with Crippen LogP contribution in [0.4, 0.5) is 10.6 Å². The summed E-state index contributed by atoms with van der Waals surface area (Å²) in [5.41, 5.74) is 1.29. The average Bonchev–Trinajstić information content (AvgIpc) is 2.89. The largest absolute Gasteiger partial charge is 0.357 e. The van der Waals surface area contributed by atoms with Crippen molar-refractivity contribution in [2.24, 2.45) is 5.41 Å². The van der Waals surface area contributed by atoms with Crippen LogP contribution in [0.3, 0.4) is 0 Å². The molecule has 1 aliphatic heterocycles. The zero-order valence-electron chi connectivity index (χ0n) is 12.9. The van der Waals surface area contributed by atoms with Gasteiger partial charge in [-0.25, -0.2) is 9.78 Å². The number of carbonyl (C=O) groups is 1. The molecule has 1 atom stereocenters. The first-order valence-electron chi connectivity index (χ1n) is 7.79. The summed E-state index contributed by atoms with van der Waals surface area (Å²) in [6.45, 7) is 7.05. The fourth-order valence-corrected chi connectivity index (χ4v) is 2.76. The van der Waals surface area contributed by atoms with E-state index in [1.165, 1.54) is 12.8 Å². The molecule has 0 aromatic carbocycles. The van der Waals surface area contributed by atoms with Crippen LogP contribution < -0.4 is 15.5 Å². The van der Waals surface area contributed by atoms with Crippen molar-refractivity contribution in [1.82, 2.24) is 15.6 Å². The van der Waals surface area contributed by atoms with Gasteiger partial charge in [-0.2, -0.15) is 0 Å². The van der Waals surface area contributed by atoms with Gasteiger partial charge in [-0.1, -0.05) is 19.9 Å². The van der Waals surface area contributed by atoms with Crippen molar-refractivity contribution in [3.8, 4) is 0 Å². The van der Waals surface area contributed by atoms with Crippen LogP contribution in [-0.4, -0.2) is 30.1 Å². The van der Waals surface area contributed by atoms with E-state index >= 15 is 0 Å². The quantitative estimate of drug-likeness (QED) is 0.893. The standard InChI is InChI=1S/C16H24N4O/c1-16(2)9-13(16)19-15(21)18-11-12-5-6-14(17-10-12)20-7-3-4-8-20/h5-6,10,13H,3-4,7-9,11H2,1-2H3,(H2,18,19,21)/t13-/m0/s1. The molecule has 5 heteroatoms. The Morgan fingerprint density at radius 2 is 2.10 bits per heavy atom. The second kappa shape index (κ2) is 5.54. The van der Waals surface area contributed by atoms with Crippen LogP contribution in [-0.2, 0) is 6.54 Å². The minimum atomic E-state index is -0.0887. The Morgan fingerprint density at radius 3 is 2.67 bits per heavy atom. The molecule has 1 saturated carbocycles. The van der Waals surface area contributed by atoms with E-state index in [4.69, 9.17) is 0 Å². The molecule has 1 aromatic rings. The average molecular weight is 288 g/mol. The fraction of sp³-hybridized carbons (Fsp3) is 0.625. The number of pyridine rings is 1. The number of hydrogen-bond acceptors (Lipinski definition) is 3. The number of hydrogen-bond donors (Lipinski definition) is 2. The molecule has 114 valence electrons. The highest BCUT2D eigenvalue weighted by molar-refractivity contribution is 5.74. The summed E-state index contributed by atoms with van der Waals surface area (Å²) in [5.74, 6) is 1.04. The maximum Gasteiger partial charge on any atom is 0.315 e. The molecule has 2 amide bonds. The van der Waals surface area contributed by atoms with Gasteiger partial charge in [0.1, 0.15) is 5.82 Å². The van der Waals surface area contributed by atoms with Crippen LogP contribution in [0.5, 0.6) is 0 Å². The minimum absolute atomic E-state index is 0.0887. The van der Waals surface area contributed by atoms with Crippen LogP contribution in [0, 0.1) is 5.41 Å². The van der Waals surface area contributed by atoms with E-state index in [1.54, 1.807) is 0 Å². The highest BCUT2D eigenvalue weighted by Crippen LogP contribution is 2.44. The Morgan fingerprint density at radius 1 is 1.38 bits per heavy atom. The summed E-state index contributed by atoms with van der Waals surface area (Å²) in [6.07, 6.45) is 5.42. The highest BCUT2D eigenvalue weighted by atomic mass is 16.2. The smallest absolute Gasteiger partial charge is 0.315 e. The van der Waals surface area contributed by atoms with E-state index in [9.17, 15) is 4.79 Å². The van der Waals surface area contributed by atoms with Gasteiger partial charge in [0, 0.05) is 31.9 Å². The lowest BCUT2D eigenvalue weighted by Gasteiger charge is -2.16.